The lowest BCUT2D eigenvalue weighted by Crippen LogP contribution is -2.40. The first-order valence-electron chi connectivity index (χ1n) is 6.86. The molecule has 1 heterocycles. The lowest BCUT2D eigenvalue weighted by atomic mass is 10.2. The number of rotatable bonds is 7. The fourth-order valence-electron chi connectivity index (χ4n) is 1.37. The van der Waals surface area contributed by atoms with E-state index in [1.807, 2.05) is 20.8 Å². The van der Waals surface area contributed by atoms with Crippen molar-refractivity contribution in [1.29, 1.82) is 0 Å². The zero-order chi connectivity index (χ0) is 17.8. The monoisotopic (exact) mass is 356 g/mol. The summed E-state index contributed by atoms with van der Waals surface area (Å²) in [6.45, 7) is 5.79. The molecule has 0 radical (unpaired) electrons. The van der Waals surface area contributed by atoms with Gasteiger partial charge in [-0.1, -0.05) is 6.07 Å². The van der Waals surface area contributed by atoms with Crippen LogP contribution >= 0.6 is 0 Å². The van der Waals surface area contributed by atoms with Gasteiger partial charge in [0.05, 0.1) is 6.04 Å². The number of ether oxygens (including phenoxy) is 1. The van der Waals surface area contributed by atoms with Crippen molar-refractivity contribution < 1.29 is 26.9 Å². The van der Waals surface area contributed by atoms with E-state index in [9.17, 15) is 22.1 Å². The van der Waals surface area contributed by atoms with Crippen LogP contribution in [0.2, 0.25) is 0 Å². The zero-order valence-electron chi connectivity index (χ0n) is 13.3. The van der Waals surface area contributed by atoms with Crippen LogP contribution in [0.1, 0.15) is 39.3 Å². The zero-order valence-corrected chi connectivity index (χ0v) is 14.1. The Hall–Kier alpha value is -1.06. The molecule has 0 aliphatic carbocycles. The molecule has 0 aromatic carbocycles. The van der Waals surface area contributed by atoms with E-state index in [1.54, 1.807) is 13.0 Å². The van der Waals surface area contributed by atoms with Gasteiger partial charge in [-0.3, -0.25) is 0 Å². The highest BCUT2D eigenvalue weighted by Crippen LogP contribution is 2.24. The first-order valence-corrected chi connectivity index (χ1v) is 8.01. The molecule has 0 saturated heterocycles. The SMILES string of the molecule is CC(N[S+]([O-])C(C)(C)C)c1ccc(OCC(F)(F)C(F)F)nc1. The molecule has 0 aliphatic heterocycles. The smallest absolute Gasteiger partial charge is 0.340 e. The fraction of sp³-hybridized carbons (Fsp3) is 0.643. The predicted octanol–water partition coefficient (Wildman–Crippen LogP) is 3.47. The lowest BCUT2D eigenvalue weighted by molar-refractivity contribution is -0.148. The highest BCUT2D eigenvalue weighted by atomic mass is 32.2. The molecule has 0 saturated carbocycles. The summed E-state index contributed by atoms with van der Waals surface area (Å²) in [5, 5.41) is 0. The summed E-state index contributed by atoms with van der Waals surface area (Å²) in [5.74, 6) is -4.41. The standard InChI is InChI=1S/C14H20F4N2O2S/c1-9(20-23(21)13(2,3)4)10-5-6-11(19-7-10)22-8-14(17,18)12(15)16/h5-7,9,12,20H,8H2,1-4H3. The Kier molecular flexibility index (Phi) is 6.67. The Morgan fingerprint density at radius 1 is 1.30 bits per heavy atom. The molecule has 0 spiro atoms. The van der Waals surface area contributed by atoms with E-state index in [1.165, 1.54) is 12.3 Å². The maximum atomic E-state index is 12.7. The summed E-state index contributed by atoms with van der Waals surface area (Å²) in [7, 11) is 0. The van der Waals surface area contributed by atoms with E-state index in [2.05, 4.69) is 14.4 Å². The van der Waals surface area contributed by atoms with Crippen molar-refractivity contribution in [2.75, 3.05) is 6.61 Å². The van der Waals surface area contributed by atoms with Crippen molar-refractivity contribution in [3.05, 3.63) is 23.9 Å². The van der Waals surface area contributed by atoms with Gasteiger partial charge in [0.25, 0.3) is 0 Å². The summed E-state index contributed by atoms with van der Waals surface area (Å²) in [6, 6.07) is 2.55. The van der Waals surface area contributed by atoms with Crippen LogP contribution in [0.3, 0.4) is 0 Å². The van der Waals surface area contributed by atoms with E-state index in [0.29, 0.717) is 5.56 Å². The summed E-state index contributed by atoms with van der Waals surface area (Å²) < 4.78 is 68.6. The minimum atomic E-state index is -4.22. The van der Waals surface area contributed by atoms with E-state index in [-0.39, 0.29) is 11.9 Å². The van der Waals surface area contributed by atoms with Gasteiger partial charge < -0.3 is 9.29 Å². The number of nitrogens with one attached hydrogen (secondary N) is 1. The minimum Gasteiger partial charge on any atom is -0.598 e. The number of pyridine rings is 1. The Balaban J connectivity index is 2.63. The largest absolute Gasteiger partial charge is 0.598 e. The molecular weight excluding hydrogens is 336 g/mol. The maximum Gasteiger partial charge on any atom is 0.340 e. The molecule has 132 valence electrons. The minimum absolute atomic E-state index is 0.182. The second kappa shape index (κ2) is 7.67. The fourth-order valence-corrected chi connectivity index (χ4v) is 2.18. The molecule has 1 N–H and O–H groups in total. The third kappa shape index (κ3) is 6.15. The molecule has 2 atom stereocenters. The molecule has 0 bridgehead atoms. The van der Waals surface area contributed by atoms with Gasteiger partial charge >= 0.3 is 12.3 Å². The van der Waals surface area contributed by atoms with E-state index in [4.69, 9.17) is 0 Å². The van der Waals surface area contributed by atoms with E-state index in [0.717, 1.165) is 0 Å². The van der Waals surface area contributed by atoms with Gasteiger partial charge in [-0.15, -0.1) is 4.72 Å². The molecule has 2 unspecified atom stereocenters. The van der Waals surface area contributed by atoms with Crippen molar-refractivity contribution in [3.63, 3.8) is 0 Å². The topological polar surface area (TPSA) is 57.2 Å². The molecule has 23 heavy (non-hydrogen) atoms. The van der Waals surface area contributed by atoms with Crippen LogP contribution in [0.25, 0.3) is 0 Å². The molecule has 1 aromatic heterocycles. The molecule has 0 aliphatic rings. The summed E-state index contributed by atoms with van der Waals surface area (Å²) in [5.41, 5.74) is 0.663. The van der Waals surface area contributed by atoms with Gasteiger partial charge in [0.1, 0.15) is 4.75 Å². The molecule has 1 aromatic rings. The van der Waals surface area contributed by atoms with E-state index < -0.39 is 35.1 Å². The maximum absolute atomic E-state index is 12.7. The van der Waals surface area contributed by atoms with Gasteiger partial charge in [0.15, 0.2) is 6.61 Å². The van der Waals surface area contributed by atoms with Crippen LogP contribution in [0.4, 0.5) is 17.6 Å². The van der Waals surface area contributed by atoms with Crippen LogP contribution in [-0.2, 0) is 11.4 Å². The summed E-state index contributed by atoms with van der Waals surface area (Å²) in [6.07, 6.45) is -2.44. The Bertz CT molecular complexity index is 495. The van der Waals surface area contributed by atoms with Crippen LogP contribution in [0.15, 0.2) is 18.3 Å². The summed E-state index contributed by atoms with van der Waals surface area (Å²) >= 11 is -1.29. The van der Waals surface area contributed by atoms with Crippen molar-refractivity contribution in [3.8, 4) is 5.88 Å². The first kappa shape index (κ1) is 20.0. The Morgan fingerprint density at radius 3 is 2.35 bits per heavy atom. The molecule has 0 fully saturated rings. The molecule has 9 heteroatoms. The average molecular weight is 356 g/mol. The highest BCUT2D eigenvalue weighted by molar-refractivity contribution is 7.90. The third-order valence-electron chi connectivity index (χ3n) is 2.83. The van der Waals surface area contributed by atoms with E-state index >= 15 is 0 Å². The van der Waals surface area contributed by atoms with Crippen molar-refractivity contribution in [2.45, 2.75) is 50.8 Å². The van der Waals surface area contributed by atoms with Gasteiger partial charge in [-0.2, -0.15) is 8.78 Å². The van der Waals surface area contributed by atoms with Crippen LogP contribution in [-0.4, -0.2) is 33.2 Å². The number of hydrogen-bond acceptors (Lipinski definition) is 4. The number of nitrogens with zero attached hydrogens (tertiary/aromatic N) is 1. The predicted molar refractivity (Wildman–Crippen MR) is 80.1 cm³/mol. The van der Waals surface area contributed by atoms with Crippen molar-refractivity contribution >= 4 is 11.4 Å². The quantitative estimate of drug-likeness (QED) is 0.600. The second-order valence-corrected chi connectivity index (χ2v) is 8.00. The molecular formula is C14H20F4N2O2S. The third-order valence-corrected chi connectivity index (χ3v) is 4.51. The van der Waals surface area contributed by atoms with Gasteiger partial charge in [0, 0.05) is 23.6 Å². The number of halogens is 4. The van der Waals surface area contributed by atoms with Crippen LogP contribution in [0.5, 0.6) is 5.88 Å². The van der Waals surface area contributed by atoms with Gasteiger partial charge in [0.2, 0.25) is 5.88 Å². The van der Waals surface area contributed by atoms with Crippen LogP contribution < -0.4 is 9.46 Å². The number of aromatic nitrogens is 1. The Labute approximate surface area is 135 Å². The average Bonchev–Trinajstić information content (AvgIpc) is 2.44. The van der Waals surface area contributed by atoms with Gasteiger partial charge in [-0.05, 0) is 33.3 Å². The number of hydrogen-bond donors (Lipinski definition) is 1. The van der Waals surface area contributed by atoms with Crippen LogP contribution in [0, 0.1) is 0 Å². The molecule has 1 rings (SSSR count). The van der Waals surface area contributed by atoms with Gasteiger partial charge in [-0.25, -0.2) is 13.8 Å². The Morgan fingerprint density at radius 2 is 1.91 bits per heavy atom. The second-order valence-electron chi connectivity index (χ2n) is 6.00. The normalized spacial score (nSPS) is 15.6. The number of alkyl halides is 4. The molecule has 0 amide bonds. The van der Waals surface area contributed by atoms with Crippen molar-refractivity contribution in [1.82, 2.24) is 9.71 Å². The first-order chi connectivity index (χ1) is 10.4. The molecule has 4 nitrogen and oxygen atoms in total. The summed E-state index contributed by atoms with van der Waals surface area (Å²) in [4.78, 5) is 3.79. The highest BCUT2D eigenvalue weighted by Gasteiger charge is 2.41. The lowest BCUT2D eigenvalue weighted by Gasteiger charge is -2.26. The van der Waals surface area contributed by atoms with Crippen molar-refractivity contribution in [2.24, 2.45) is 0 Å².